The molecule has 5 aliphatic rings. The first-order chi connectivity index (χ1) is 12.1. The van der Waals surface area contributed by atoms with Crippen LogP contribution in [0.4, 0.5) is 0 Å². The predicted octanol–water partition coefficient (Wildman–Crippen LogP) is 4.31. The van der Waals surface area contributed by atoms with Crippen LogP contribution in [0.3, 0.4) is 0 Å². The fourth-order valence-electron chi connectivity index (χ4n) is 6.89. The lowest BCUT2D eigenvalue weighted by atomic mass is 9.52. The summed E-state index contributed by atoms with van der Waals surface area (Å²) in [5, 5.41) is -0.366. The molecule has 0 unspecified atom stereocenters. The van der Waals surface area contributed by atoms with E-state index in [1.165, 1.54) is 19.3 Å². The molecule has 4 heteroatoms. The van der Waals surface area contributed by atoms with Gasteiger partial charge in [0, 0.05) is 12.0 Å². The van der Waals surface area contributed by atoms with Crippen LogP contribution in [0, 0.1) is 23.7 Å². The Hall–Kier alpha value is -1.35. The summed E-state index contributed by atoms with van der Waals surface area (Å²) in [6.45, 7) is 0. The van der Waals surface area contributed by atoms with Gasteiger partial charge in [0.05, 0.1) is 12.0 Å². The van der Waals surface area contributed by atoms with Crippen LogP contribution in [0.25, 0.3) is 0 Å². The summed E-state index contributed by atoms with van der Waals surface area (Å²) in [5.74, 6) is 2.02. The Balaban J connectivity index is 1.58. The predicted molar refractivity (Wildman–Crippen MR) is 95.9 cm³/mol. The van der Waals surface area contributed by atoms with Gasteiger partial charge in [0.25, 0.3) is 0 Å². The maximum absolute atomic E-state index is 13.1. The molecule has 1 saturated heterocycles. The van der Waals surface area contributed by atoms with Crippen LogP contribution in [0.2, 0.25) is 0 Å². The van der Waals surface area contributed by atoms with Crippen molar-refractivity contribution >= 4 is 22.8 Å². The van der Waals surface area contributed by atoms with Crippen LogP contribution in [0.15, 0.2) is 30.3 Å². The molecule has 0 aromatic heterocycles. The van der Waals surface area contributed by atoms with Crippen LogP contribution in [-0.4, -0.2) is 21.6 Å². The van der Waals surface area contributed by atoms with E-state index in [9.17, 15) is 9.59 Å². The monoisotopic (exact) mass is 357 g/mol. The fourth-order valence-corrected chi connectivity index (χ4v) is 7.09. The van der Waals surface area contributed by atoms with Gasteiger partial charge in [-0.15, -0.1) is 0 Å². The normalized spacial score (nSPS) is 42.2. The molecule has 0 radical (unpaired) electrons. The molecular formula is C21H24ClNO2. The minimum absolute atomic E-state index is 0.0343. The van der Waals surface area contributed by atoms with E-state index in [4.69, 9.17) is 11.6 Å². The zero-order valence-electron chi connectivity index (χ0n) is 14.4. The zero-order valence-corrected chi connectivity index (χ0v) is 15.1. The summed E-state index contributed by atoms with van der Waals surface area (Å²) in [7, 11) is 0. The van der Waals surface area contributed by atoms with E-state index in [2.05, 4.69) is 4.90 Å². The molecule has 0 spiro atoms. The van der Waals surface area contributed by atoms with Gasteiger partial charge in [0.2, 0.25) is 11.1 Å². The third-order valence-corrected chi connectivity index (χ3v) is 7.55. The average Bonchev–Trinajstić information content (AvgIpc) is 2.93. The molecule has 1 aromatic rings. The standard InChI is InChI=1S/C21H24ClNO2/c22-20(25)17-9-18(24)23(19(17)16-4-2-1-3-5-16)21-10-13-6-14(11-21)8-15(7-13)12-21/h1-5,13-15,17,19H,6-12H2/t13?,14?,15?,17-,19+,21?/m0/s1. The average molecular weight is 358 g/mol. The van der Waals surface area contributed by atoms with Gasteiger partial charge in [-0.1, -0.05) is 30.3 Å². The number of benzene rings is 1. The van der Waals surface area contributed by atoms with Crippen molar-refractivity contribution in [2.75, 3.05) is 0 Å². The highest BCUT2D eigenvalue weighted by atomic mass is 35.5. The maximum Gasteiger partial charge on any atom is 0.227 e. The lowest BCUT2D eigenvalue weighted by molar-refractivity contribution is -0.150. The first-order valence-electron chi connectivity index (χ1n) is 9.62. The van der Waals surface area contributed by atoms with Crippen molar-refractivity contribution in [3.05, 3.63) is 35.9 Å². The zero-order chi connectivity index (χ0) is 17.2. The molecule has 25 heavy (non-hydrogen) atoms. The van der Waals surface area contributed by atoms with Gasteiger partial charge in [-0.05, 0) is 73.4 Å². The molecule has 3 nitrogen and oxygen atoms in total. The van der Waals surface area contributed by atoms with Crippen LogP contribution < -0.4 is 0 Å². The minimum atomic E-state index is -0.412. The van der Waals surface area contributed by atoms with Crippen LogP contribution in [0.1, 0.15) is 56.6 Å². The Morgan fingerprint density at radius 2 is 1.56 bits per heavy atom. The highest BCUT2D eigenvalue weighted by Crippen LogP contribution is 2.61. The molecule has 4 aliphatic carbocycles. The SMILES string of the molecule is O=C(Cl)[C@H]1CC(=O)N(C23CC4CC(CC(C4)C2)C3)[C@@H]1c1ccccc1. The lowest BCUT2D eigenvalue weighted by Gasteiger charge is -2.61. The molecule has 0 N–H and O–H groups in total. The summed E-state index contributed by atoms with van der Waals surface area (Å²) >= 11 is 5.95. The highest BCUT2D eigenvalue weighted by Gasteiger charge is 2.59. The second-order valence-electron chi connectivity index (χ2n) is 8.88. The number of carbonyl (C=O) groups excluding carboxylic acids is 2. The Morgan fingerprint density at radius 3 is 2.08 bits per heavy atom. The number of hydrogen-bond donors (Lipinski definition) is 0. The molecule has 4 saturated carbocycles. The quantitative estimate of drug-likeness (QED) is 0.756. The number of nitrogens with zero attached hydrogens (tertiary/aromatic N) is 1. The maximum atomic E-state index is 13.1. The summed E-state index contributed by atoms with van der Waals surface area (Å²) in [6, 6.07) is 9.87. The lowest BCUT2D eigenvalue weighted by Crippen LogP contribution is -2.61. The number of hydrogen-bond acceptors (Lipinski definition) is 2. The molecule has 5 fully saturated rings. The molecule has 4 bridgehead atoms. The van der Waals surface area contributed by atoms with Crippen molar-refractivity contribution in [2.45, 2.75) is 56.5 Å². The van der Waals surface area contributed by atoms with E-state index in [-0.39, 0.29) is 29.2 Å². The number of halogens is 1. The van der Waals surface area contributed by atoms with Gasteiger partial charge in [-0.25, -0.2) is 0 Å². The summed E-state index contributed by atoms with van der Waals surface area (Å²) < 4.78 is 0. The third kappa shape index (κ3) is 2.38. The summed E-state index contributed by atoms with van der Waals surface area (Å²) in [5.41, 5.74) is 1.02. The Bertz CT molecular complexity index is 681. The Labute approximate surface area is 153 Å². The number of carbonyl (C=O) groups is 2. The first-order valence-corrected chi connectivity index (χ1v) is 10.00. The van der Waals surface area contributed by atoms with E-state index in [1.54, 1.807) is 0 Å². The van der Waals surface area contributed by atoms with Gasteiger partial charge < -0.3 is 4.90 Å². The van der Waals surface area contributed by atoms with E-state index in [0.29, 0.717) is 0 Å². The van der Waals surface area contributed by atoms with E-state index in [1.807, 2.05) is 30.3 Å². The molecule has 1 amide bonds. The topological polar surface area (TPSA) is 37.4 Å². The molecular weight excluding hydrogens is 334 g/mol. The van der Waals surface area contributed by atoms with E-state index in [0.717, 1.165) is 42.6 Å². The van der Waals surface area contributed by atoms with E-state index >= 15 is 0 Å². The van der Waals surface area contributed by atoms with Gasteiger partial charge in [-0.2, -0.15) is 0 Å². The second-order valence-corrected chi connectivity index (χ2v) is 9.25. The van der Waals surface area contributed by atoms with Crippen molar-refractivity contribution in [3.63, 3.8) is 0 Å². The second kappa shape index (κ2) is 5.57. The summed E-state index contributed by atoms with van der Waals surface area (Å²) in [6.07, 6.45) is 7.66. The van der Waals surface area contributed by atoms with Crippen molar-refractivity contribution in [1.29, 1.82) is 0 Å². The van der Waals surface area contributed by atoms with Crippen LogP contribution in [-0.2, 0) is 9.59 Å². The van der Waals surface area contributed by atoms with Gasteiger partial charge >= 0.3 is 0 Å². The summed E-state index contributed by atoms with van der Waals surface area (Å²) in [4.78, 5) is 27.4. The number of rotatable bonds is 3. The Morgan fingerprint density at radius 1 is 1.00 bits per heavy atom. The van der Waals surface area contributed by atoms with Crippen molar-refractivity contribution < 1.29 is 9.59 Å². The third-order valence-electron chi connectivity index (χ3n) is 7.27. The van der Waals surface area contributed by atoms with Crippen LogP contribution >= 0.6 is 11.6 Å². The van der Waals surface area contributed by atoms with Gasteiger partial charge in [0.1, 0.15) is 0 Å². The smallest absolute Gasteiger partial charge is 0.227 e. The fraction of sp³-hybridized carbons (Fsp3) is 0.619. The van der Waals surface area contributed by atoms with Gasteiger partial charge in [-0.3, -0.25) is 9.59 Å². The Kier molecular flexibility index (Phi) is 3.54. The van der Waals surface area contributed by atoms with Crippen molar-refractivity contribution in [1.82, 2.24) is 4.90 Å². The van der Waals surface area contributed by atoms with Crippen molar-refractivity contribution in [2.24, 2.45) is 23.7 Å². The van der Waals surface area contributed by atoms with E-state index < -0.39 is 5.92 Å². The molecule has 132 valence electrons. The molecule has 1 aromatic carbocycles. The highest BCUT2D eigenvalue weighted by molar-refractivity contribution is 6.64. The molecule has 1 heterocycles. The molecule has 2 atom stereocenters. The largest absolute Gasteiger partial charge is 0.329 e. The molecule has 1 aliphatic heterocycles. The number of likely N-dealkylation sites (tertiary alicyclic amines) is 1. The van der Waals surface area contributed by atoms with Crippen molar-refractivity contribution in [3.8, 4) is 0 Å². The minimum Gasteiger partial charge on any atom is -0.329 e. The number of amides is 1. The first kappa shape index (κ1) is 15.9. The van der Waals surface area contributed by atoms with Gasteiger partial charge in [0.15, 0.2) is 0 Å². The van der Waals surface area contributed by atoms with Crippen LogP contribution in [0.5, 0.6) is 0 Å². The molecule has 6 rings (SSSR count).